The molecule has 2 N–H and O–H groups in total. The standard InChI is InChI=1S/C68H76N10O12S/c1-41(2)47-17-13-15-19-49(47)55-43(23-27-53(79)75-39-37-71-57(61(75)65(83)89-67(5,6)7)63(81)73(11)45-29-33-69-34-30-45)21-25-51(59(55)77(85)86)91-52-26-22-44(56(60(52)78(87)88)50-20-16-14-18-48(50)42(3)4)24-28-54(80)76-40-38-72-58(62(76)66(84)90-68(8,9)10)64(82)74(12)46-31-35-70-36-32-46/h13-36,41-42,57-58,61-62,71-72H,37-40H2,1-12H3/b27-23+,28-24+. The molecule has 0 spiro atoms. The second-order valence-electron chi connectivity index (χ2n) is 24.6. The lowest BCUT2D eigenvalue weighted by atomic mass is 9.89. The Hall–Kier alpha value is -9.45. The zero-order valence-electron chi connectivity index (χ0n) is 53.0. The highest BCUT2D eigenvalue weighted by Gasteiger charge is 2.47. The average molecular weight is 1260 g/mol. The number of amides is 4. The number of aromatic nitrogens is 2. The zero-order chi connectivity index (χ0) is 66.2. The summed E-state index contributed by atoms with van der Waals surface area (Å²) in [6, 6.07) is 21.5. The number of hydrogen-bond donors (Lipinski definition) is 2. The summed E-state index contributed by atoms with van der Waals surface area (Å²) in [6.45, 7) is 18.0. The van der Waals surface area contributed by atoms with Gasteiger partial charge in [-0.2, -0.15) is 0 Å². The number of nitro benzene ring substituents is 2. The van der Waals surface area contributed by atoms with Gasteiger partial charge in [-0.15, -0.1) is 0 Å². The summed E-state index contributed by atoms with van der Waals surface area (Å²) in [4.78, 5) is 126. The topological polar surface area (TPSA) is 270 Å². The van der Waals surface area contributed by atoms with Gasteiger partial charge in [0.1, 0.15) is 23.3 Å². The Kier molecular flexibility index (Phi) is 21.2. The van der Waals surface area contributed by atoms with Gasteiger partial charge in [0, 0.05) is 88.6 Å². The van der Waals surface area contributed by atoms with E-state index in [0.717, 1.165) is 22.9 Å². The third-order valence-corrected chi connectivity index (χ3v) is 16.4. The number of anilines is 2. The predicted octanol–water partition coefficient (Wildman–Crippen LogP) is 10.4. The van der Waals surface area contributed by atoms with E-state index in [9.17, 15) is 49.0 Å². The summed E-state index contributed by atoms with van der Waals surface area (Å²) in [5.74, 6) is -4.41. The quantitative estimate of drug-likeness (QED) is 0.0350. The number of benzene rings is 4. The molecule has 4 amide bonds. The van der Waals surface area contributed by atoms with Gasteiger partial charge in [0.25, 0.3) is 11.4 Å². The molecule has 91 heavy (non-hydrogen) atoms. The van der Waals surface area contributed by atoms with E-state index in [1.54, 1.807) is 116 Å². The van der Waals surface area contributed by atoms with Crippen LogP contribution < -0.4 is 20.4 Å². The Morgan fingerprint density at radius 3 is 1.25 bits per heavy atom. The minimum atomic E-state index is -1.44. The van der Waals surface area contributed by atoms with Crippen molar-refractivity contribution in [3.05, 3.63) is 176 Å². The van der Waals surface area contributed by atoms with Gasteiger partial charge < -0.3 is 39.7 Å². The number of nitro groups is 2. The normalized spacial score (nSPS) is 17.1. The fourth-order valence-corrected chi connectivity index (χ4v) is 12.2. The molecule has 0 aliphatic carbocycles. The second kappa shape index (κ2) is 28.6. The number of likely N-dealkylation sites (N-methyl/N-ethyl adjacent to an activating group) is 2. The van der Waals surface area contributed by atoms with Crippen molar-refractivity contribution in [3.63, 3.8) is 0 Å². The van der Waals surface area contributed by atoms with Crippen molar-refractivity contribution in [2.24, 2.45) is 0 Å². The first-order valence-corrected chi connectivity index (χ1v) is 30.6. The summed E-state index contributed by atoms with van der Waals surface area (Å²) in [7, 11) is 3.09. The lowest BCUT2D eigenvalue weighted by Crippen LogP contribution is -2.67. The smallest absolute Gasteiger partial charge is 0.331 e. The minimum Gasteiger partial charge on any atom is -0.458 e. The number of piperazine rings is 2. The number of nitrogens with one attached hydrogen (secondary N) is 2. The van der Waals surface area contributed by atoms with Gasteiger partial charge in [0.05, 0.1) is 30.8 Å². The molecular formula is C68H76N10O12S. The van der Waals surface area contributed by atoms with Gasteiger partial charge >= 0.3 is 11.9 Å². The Bertz CT molecular complexity index is 3560. The number of esters is 2. The maximum atomic E-state index is 14.7. The second-order valence-corrected chi connectivity index (χ2v) is 25.7. The molecule has 2 aliphatic rings. The van der Waals surface area contributed by atoms with Crippen LogP contribution in [0.1, 0.15) is 103 Å². The van der Waals surface area contributed by atoms with Crippen LogP contribution in [0.5, 0.6) is 0 Å². The zero-order valence-corrected chi connectivity index (χ0v) is 53.9. The molecule has 23 heteroatoms. The van der Waals surface area contributed by atoms with Crippen molar-refractivity contribution in [1.82, 2.24) is 30.4 Å². The van der Waals surface area contributed by atoms with Crippen molar-refractivity contribution in [1.29, 1.82) is 0 Å². The highest BCUT2D eigenvalue weighted by molar-refractivity contribution is 7.99. The molecule has 476 valence electrons. The van der Waals surface area contributed by atoms with Gasteiger partial charge in [-0.05, 0) is 135 Å². The third kappa shape index (κ3) is 15.6. The molecule has 4 heterocycles. The van der Waals surface area contributed by atoms with Crippen LogP contribution >= 0.6 is 11.8 Å². The van der Waals surface area contributed by atoms with E-state index in [1.807, 2.05) is 52.0 Å². The molecule has 6 aromatic rings. The van der Waals surface area contributed by atoms with E-state index in [2.05, 4.69) is 20.6 Å². The Morgan fingerprint density at radius 1 is 0.571 bits per heavy atom. The first kappa shape index (κ1) is 67.5. The average Bonchev–Trinajstić information content (AvgIpc) is 0.798. The van der Waals surface area contributed by atoms with E-state index in [0.29, 0.717) is 22.5 Å². The highest BCUT2D eigenvalue weighted by atomic mass is 32.2. The molecule has 2 aromatic heterocycles. The molecule has 0 bridgehead atoms. The van der Waals surface area contributed by atoms with Crippen LogP contribution in [-0.2, 0) is 38.2 Å². The highest BCUT2D eigenvalue weighted by Crippen LogP contribution is 2.50. The number of ether oxygens (including phenoxy) is 2. The number of hydrogen-bond acceptors (Lipinski definition) is 17. The fourth-order valence-electron chi connectivity index (χ4n) is 11.2. The molecule has 4 aromatic carbocycles. The van der Waals surface area contributed by atoms with Crippen LogP contribution in [0.25, 0.3) is 34.4 Å². The number of nitrogens with zero attached hydrogens (tertiary/aromatic N) is 8. The summed E-state index contributed by atoms with van der Waals surface area (Å²) < 4.78 is 11.7. The van der Waals surface area contributed by atoms with E-state index in [1.165, 1.54) is 80.8 Å². The molecule has 2 saturated heterocycles. The van der Waals surface area contributed by atoms with Gasteiger partial charge in [-0.3, -0.25) is 49.4 Å². The minimum absolute atomic E-state index is 0.0126. The first-order chi connectivity index (χ1) is 43.1. The molecule has 4 unspecified atom stereocenters. The van der Waals surface area contributed by atoms with Crippen LogP contribution in [0.4, 0.5) is 22.7 Å². The van der Waals surface area contributed by atoms with Crippen molar-refractivity contribution in [3.8, 4) is 22.3 Å². The van der Waals surface area contributed by atoms with Crippen molar-refractivity contribution in [2.75, 3.05) is 50.1 Å². The molecule has 0 radical (unpaired) electrons. The van der Waals surface area contributed by atoms with E-state index in [4.69, 9.17) is 9.47 Å². The van der Waals surface area contributed by atoms with E-state index in [-0.39, 0.29) is 70.1 Å². The number of rotatable bonds is 18. The largest absolute Gasteiger partial charge is 0.458 e. The lowest BCUT2D eigenvalue weighted by Gasteiger charge is -2.41. The van der Waals surface area contributed by atoms with E-state index >= 15 is 0 Å². The van der Waals surface area contributed by atoms with Crippen LogP contribution in [0.2, 0.25) is 0 Å². The molecule has 4 atom stereocenters. The van der Waals surface area contributed by atoms with E-state index < -0.39 is 92.2 Å². The monoisotopic (exact) mass is 1260 g/mol. The Labute approximate surface area is 533 Å². The lowest BCUT2D eigenvalue weighted by molar-refractivity contribution is -0.387. The van der Waals surface area contributed by atoms with Crippen LogP contribution in [-0.4, -0.2) is 141 Å². The maximum absolute atomic E-state index is 14.7. The first-order valence-electron chi connectivity index (χ1n) is 29.8. The van der Waals surface area contributed by atoms with Crippen molar-refractivity contribution < 1.29 is 48.1 Å². The molecular weight excluding hydrogens is 1180 g/mol. The number of carbonyl (C=O) groups is 6. The van der Waals surface area contributed by atoms with Crippen LogP contribution in [0, 0.1) is 20.2 Å². The Balaban J connectivity index is 1.23. The predicted molar refractivity (Wildman–Crippen MR) is 349 cm³/mol. The molecule has 8 rings (SSSR count). The van der Waals surface area contributed by atoms with Crippen LogP contribution in [0.3, 0.4) is 0 Å². The summed E-state index contributed by atoms with van der Waals surface area (Å²) in [5, 5.41) is 34.1. The molecule has 2 aliphatic heterocycles. The number of pyridine rings is 2. The summed E-state index contributed by atoms with van der Waals surface area (Å²) in [5.41, 5.74) is 1.19. The van der Waals surface area contributed by atoms with Crippen LogP contribution in [0.15, 0.2) is 144 Å². The third-order valence-electron chi connectivity index (χ3n) is 15.3. The maximum Gasteiger partial charge on any atom is 0.331 e. The molecule has 2 fully saturated rings. The SMILES string of the molecule is CC(C)c1ccccc1-c1c(/C=C/C(=O)N2CCNC(C(=O)N(C)c3ccncc3)C2C(=O)OC(C)(C)C)ccc(Sc2ccc(/C=C/C(=O)N3CCNC(C(=O)N(C)c4ccncc4)C3C(=O)OC(C)(C)C)c(-c3ccccc3C(C)C)c2[N+](=O)[O-])c1[N+](=O)[O-]. The summed E-state index contributed by atoms with van der Waals surface area (Å²) >= 11 is 0.801. The molecule has 0 saturated carbocycles. The van der Waals surface area contributed by atoms with Gasteiger partial charge in [0.2, 0.25) is 23.6 Å². The fraction of sp³-hybridized carbons (Fsp3) is 0.353. The van der Waals surface area contributed by atoms with Crippen molar-refractivity contribution >= 4 is 82.2 Å². The van der Waals surface area contributed by atoms with Gasteiger partial charge in [-0.1, -0.05) is 100 Å². The summed E-state index contributed by atoms with van der Waals surface area (Å²) in [6.07, 6.45) is 11.3. The van der Waals surface area contributed by atoms with Gasteiger partial charge in [-0.25, -0.2) is 9.59 Å². The van der Waals surface area contributed by atoms with Crippen molar-refractivity contribution in [2.45, 2.75) is 126 Å². The number of carbonyl (C=O) groups excluding carboxylic acids is 6. The van der Waals surface area contributed by atoms with Gasteiger partial charge in [0.15, 0.2) is 12.1 Å². The molecule has 22 nitrogen and oxygen atoms in total. The Morgan fingerprint density at radius 2 is 0.923 bits per heavy atom.